The minimum Gasteiger partial charge on any atom is -0.265 e. The Kier molecular flexibility index (Phi) is 3.08. The van der Waals surface area contributed by atoms with Crippen molar-refractivity contribution in [2.75, 3.05) is 0 Å². The Morgan fingerprint density at radius 3 is 2.27 bits per heavy atom. The van der Waals surface area contributed by atoms with Crippen molar-refractivity contribution in [3.05, 3.63) is 54.5 Å². The second-order valence-corrected chi connectivity index (χ2v) is 5.77. The summed E-state index contributed by atoms with van der Waals surface area (Å²) in [6.45, 7) is 1.95. The SMILES string of the molecule is Cc1nc2ccccc2nc1-c1nnc(-c2ccncc2)s1. The molecule has 1 aromatic carbocycles. The van der Waals surface area contributed by atoms with Crippen LogP contribution >= 0.6 is 11.3 Å². The maximum atomic E-state index is 4.69. The molecule has 0 saturated carbocycles. The lowest BCUT2D eigenvalue weighted by Gasteiger charge is -2.02. The Labute approximate surface area is 130 Å². The van der Waals surface area contributed by atoms with Gasteiger partial charge in [-0.25, -0.2) is 9.97 Å². The molecule has 0 amide bonds. The Morgan fingerprint density at radius 2 is 1.50 bits per heavy atom. The summed E-state index contributed by atoms with van der Waals surface area (Å²) >= 11 is 1.51. The molecule has 0 fully saturated rings. The summed E-state index contributed by atoms with van der Waals surface area (Å²) in [5.74, 6) is 0. The molecule has 106 valence electrons. The minimum absolute atomic E-state index is 0.780. The number of aromatic nitrogens is 5. The van der Waals surface area contributed by atoms with Gasteiger partial charge in [0.25, 0.3) is 0 Å². The van der Waals surface area contributed by atoms with E-state index in [9.17, 15) is 0 Å². The second-order valence-electron chi connectivity index (χ2n) is 4.79. The standard InChI is InChI=1S/C16H11N5S/c1-10-14(19-13-5-3-2-4-12(13)18-10)16-21-20-15(22-16)11-6-8-17-9-7-11/h2-9H,1H3. The van der Waals surface area contributed by atoms with E-state index in [4.69, 9.17) is 0 Å². The van der Waals surface area contributed by atoms with Gasteiger partial charge in [-0.3, -0.25) is 4.98 Å². The van der Waals surface area contributed by atoms with Gasteiger partial charge in [-0.1, -0.05) is 23.5 Å². The van der Waals surface area contributed by atoms with Gasteiger partial charge in [0.15, 0.2) is 5.01 Å². The summed E-state index contributed by atoms with van der Waals surface area (Å²) < 4.78 is 0. The molecule has 4 aromatic rings. The van der Waals surface area contributed by atoms with Crippen molar-refractivity contribution in [2.45, 2.75) is 6.92 Å². The molecule has 0 aliphatic carbocycles. The molecule has 22 heavy (non-hydrogen) atoms. The minimum atomic E-state index is 0.780. The van der Waals surface area contributed by atoms with Gasteiger partial charge in [0.1, 0.15) is 10.7 Å². The number of pyridine rings is 1. The molecule has 4 rings (SSSR count). The molecule has 0 spiro atoms. The van der Waals surface area contributed by atoms with Crippen molar-refractivity contribution in [3.63, 3.8) is 0 Å². The molecule has 0 saturated heterocycles. The number of hydrogen-bond donors (Lipinski definition) is 0. The molecule has 3 heterocycles. The van der Waals surface area contributed by atoms with Gasteiger partial charge in [0.05, 0.1) is 16.7 Å². The number of benzene rings is 1. The van der Waals surface area contributed by atoms with Crippen LogP contribution in [-0.2, 0) is 0 Å². The van der Waals surface area contributed by atoms with Crippen LogP contribution in [0.3, 0.4) is 0 Å². The van der Waals surface area contributed by atoms with E-state index in [0.717, 1.165) is 38.0 Å². The molecule has 0 aliphatic rings. The molecule has 6 heteroatoms. The van der Waals surface area contributed by atoms with E-state index < -0.39 is 0 Å². The predicted molar refractivity (Wildman–Crippen MR) is 86.4 cm³/mol. The Morgan fingerprint density at radius 1 is 0.818 bits per heavy atom. The van der Waals surface area contributed by atoms with Gasteiger partial charge in [0.2, 0.25) is 0 Å². The van der Waals surface area contributed by atoms with Crippen LogP contribution in [0.15, 0.2) is 48.8 Å². The topological polar surface area (TPSA) is 64.5 Å². The smallest absolute Gasteiger partial charge is 0.168 e. The fourth-order valence-corrected chi connectivity index (χ4v) is 3.11. The summed E-state index contributed by atoms with van der Waals surface area (Å²) in [4.78, 5) is 13.3. The highest BCUT2D eigenvalue weighted by Gasteiger charge is 2.13. The fraction of sp³-hybridized carbons (Fsp3) is 0.0625. The largest absolute Gasteiger partial charge is 0.265 e. The van der Waals surface area contributed by atoms with E-state index >= 15 is 0 Å². The van der Waals surface area contributed by atoms with Crippen LogP contribution in [0.4, 0.5) is 0 Å². The first kappa shape index (κ1) is 13.0. The first-order valence-corrected chi connectivity index (χ1v) is 7.60. The van der Waals surface area contributed by atoms with Gasteiger partial charge in [-0.15, -0.1) is 10.2 Å². The average molecular weight is 305 g/mol. The van der Waals surface area contributed by atoms with E-state index in [1.165, 1.54) is 11.3 Å². The van der Waals surface area contributed by atoms with Crippen LogP contribution < -0.4 is 0 Å². The van der Waals surface area contributed by atoms with E-state index in [1.807, 2.05) is 43.3 Å². The molecule has 0 radical (unpaired) electrons. The number of hydrogen-bond acceptors (Lipinski definition) is 6. The van der Waals surface area contributed by atoms with Crippen molar-refractivity contribution in [1.82, 2.24) is 25.1 Å². The van der Waals surface area contributed by atoms with Crippen molar-refractivity contribution in [1.29, 1.82) is 0 Å². The molecular formula is C16H11N5S. The zero-order valence-corrected chi connectivity index (χ0v) is 12.6. The third-order valence-corrected chi connectivity index (χ3v) is 4.28. The van der Waals surface area contributed by atoms with Crippen LogP contribution in [0.25, 0.3) is 32.3 Å². The van der Waals surface area contributed by atoms with E-state index in [-0.39, 0.29) is 0 Å². The third kappa shape index (κ3) is 2.23. The second kappa shape index (κ2) is 5.23. The lowest BCUT2D eigenvalue weighted by Crippen LogP contribution is -1.93. The Balaban J connectivity index is 1.82. The number of fused-ring (bicyclic) bond motifs is 1. The van der Waals surface area contributed by atoms with Gasteiger partial charge >= 0.3 is 0 Å². The highest BCUT2D eigenvalue weighted by molar-refractivity contribution is 7.17. The average Bonchev–Trinajstić information content (AvgIpc) is 3.05. The first-order valence-electron chi connectivity index (χ1n) is 6.79. The summed E-state index contributed by atoms with van der Waals surface area (Å²) in [6, 6.07) is 11.7. The zero-order chi connectivity index (χ0) is 14.9. The van der Waals surface area contributed by atoms with Crippen LogP contribution in [0.1, 0.15) is 5.69 Å². The van der Waals surface area contributed by atoms with Gasteiger partial charge in [-0.05, 0) is 31.2 Å². The summed E-state index contributed by atoms with van der Waals surface area (Å²) in [5.41, 5.74) is 4.41. The van der Waals surface area contributed by atoms with Crippen molar-refractivity contribution in [3.8, 4) is 21.3 Å². The molecule has 0 atom stereocenters. The quantitative estimate of drug-likeness (QED) is 0.567. The monoisotopic (exact) mass is 305 g/mol. The van der Waals surface area contributed by atoms with Gasteiger partial charge in [0, 0.05) is 18.0 Å². The summed E-state index contributed by atoms with van der Waals surface area (Å²) in [6.07, 6.45) is 3.50. The maximum Gasteiger partial charge on any atom is 0.168 e. The summed E-state index contributed by atoms with van der Waals surface area (Å²) in [7, 11) is 0. The molecule has 0 bridgehead atoms. The molecule has 5 nitrogen and oxygen atoms in total. The van der Waals surface area contributed by atoms with Crippen LogP contribution in [0.2, 0.25) is 0 Å². The molecule has 0 N–H and O–H groups in total. The molecule has 0 aliphatic heterocycles. The lowest BCUT2D eigenvalue weighted by atomic mass is 10.2. The van der Waals surface area contributed by atoms with E-state index in [1.54, 1.807) is 12.4 Å². The van der Waals surface area contributed by atoms with Crippen molar-refractivity contribution in [2.24, 2.45) is 0 Å². The van der Waals surface area contributed by atoms with Crippen molar-refractivity contribution >= 4 is 22.4 Å². The van der Waals surface area contributed by atoms with Crippen LogP contribution in [-0.4, -0.2) is 25.1 Å². The summed E-state index contributed by atoms with van der Waals surface area (Å²) in [5, 5.41) is 10.2. The first-order chi connectivity index (χ1) is 10.8. The highest BCUT2D eigenvalue weighted by atomic mass is 32.1. The lowest BCUT2D eigenvalue weighted by molar-refractivity contribution is 1.08. The van der Waals surface area contributed by atoms with Crippen LogP contribution in [0, 0.1) is 6.92 Å². The van der Waals surface area contributed by atoms with Gasteiger partial charge < -0.3 is 0 Å². The third-order valence-electron chi connectivity index (χ3n) is 3.30. The fourth-order valence-electron chi connectivity index (χ4n) is 2.22. The van der Waals surface area contributed by atoms with Crippen LogP contribution in [0.5, 0.6) is 0 Å². The molecule has 3 aromatic heterocycles. The Bertz CT molecular complexity index is 949. The maximum absolute atomic E-state index is 4.69. The van der Waals surface area contributed by atoms with E-state index in [2.05, 4.69) is 25.1 Å². The molecule has 0 unspecified atom stereocenters. The Hall–Kier alpha value is -2.73. The van der Waals surface area contributed by atoms with Gasteiger partial charge in [-0.2, -0.15) is 0 Å². The molecular weight excluding hydrogens is 294 g/mol. The normalized spacial score (nSPS) is 11.0. The number of nitrogens with zero attached hydrogens (tertiary/aromatic N) is 5. The number of aryl methyl sites for hydroxylation is 1. The number of rotatable bonds is 2. The predicted octanol–water partition coefficient (Wildman–Crippen LogP) is 3.52. The number of para-hydroxylation sites is 2. The zero-order valence-electron chi connectivity index (χ0n) is 11.8. The highest BCUT2D eigenvalue weighted by Crippen LogP contribution is 2.30. The van der Waals surface area contributed by atoms with E-state index in [0.29, 0.717) is 0 Å². The van der Waals surface area contributed by atoms with Crippen molar-refractivity contribution < 1.29 is 0 Å².